The van der Waals surface area contributed by atoms with Crippen molar-refractivity contribution >= 4 is 23.4 Å². The third kappa shape index (κ3) is 5.70. The van der Waals surface area contributed by atoms with Gasteiger partial charge in [-0.1, -0.05) is 24.3 Å². The number of nitrogens with two attached hydrogens (primary N) is 1. The number of hydrogen-bond donors (Lipinski definition) is 3. The van der Waals surface area contributed by atoms with Crippen molar-refractivity contribution < 1.29 is 19.1 Å². The molecule has 0 unspecified atom stereocenters. The Morgan fingerprint density at radius 2 is 1.61 bits per heavy atom. The molecule has 0 aromatic heterocycles. The highest BCUT2D eigenvalue weighted by atomic mass is 16.5. The van der Waals surface area contributed by atoms with Crippen LogP contribution in [-0.2, 0) is 6.61 Å². The Balaban J connectivity index is 1.65. The first-order chi connectivity index (χ1) is 15.0. The van der Waals surface area contributed by atoms with E-state index < -0.39 is 5.91 Å². The van der Waals surface area contributed by atoms with Gasteiger partial charge < -0.3 is 21.1 Å². The molecule has 0 heterocycles. The van der Waals surface area contributed by atoms with Gasteiger partial charge in [-0.15, -0.1) is 0 Å². The zero-order chi connectivity index (χ0) is 22.2. The molecular weight excluding hydrogens is 394 g/mol. The summed E-state index contributed by atoms with van der Waals surface area (Å²) in [4.78, 5) is 35.9. The molecule has 0 fully saturated rings. The van der Waals surface area contributed by atoms with Crippen LogP contribution in [0.4, 0.5) is 5.69 Å². The molecule has 0 aliphatic carbocycles. The van der Waals surface area contributed by atoms with Crippen LogP contribution in [0.1, 0.15) is 43.6 Å². The van der Waals surface area contributed by atoms with Crippen LogP contribution in [0.15, 0.2) is 72.8 Å². The maximum absolute atomic E-state index is 12.6. The Morgan fingerprint density at radius 3 is 2.32 bits per heavy atom. The molecule has 0 atom stereocenters. The van der Waals surface area contributed by atoms with Gasteiger partial charge in [0, 0.05) is 23.4 Å². The average Bonchev–Trinajstić information content (AvgIpc) is 2.78. The van der Waals surface area contributed by atoms with Gasteiger partial charge in [0.15, 0.2) is 0 Å². The second kappa shape index (κ2) is 10.1. The quantitative estimate of drug-likeness (QED) is 0.522. The van der Waals surface area contributed by atoms with Crippen LogP contribution in [0.2, 0.25) is 0 Å². The highest BCUT2D eigenvalue weighted by Crippen LogP contribution is 2.19. The fraction of sp³-hybridized carbons (Fsp3) is 0.125. The third-order valence-corrected chi connectivity index (χ3v) is 4.48. The Labute approximate surface area is 180 Å². The number of carbonyl (C=O) groups excluding carboxylic acids is 3. The van der Waals surface area contributed by atoms with E-state index in [-0.39, 0.29) is 18.4 Å². The molecular formula is C24H23N3O4. The number of ether oxygens (including phenoxy) is 1. The number of carbonyl (C=O) groups is 3. The number of amides is 3. The van der Waals surface area contributed by atoms with Gasteiger partial charge in [0.1, 0.15) is 12.4 Å². The second-order valence-electron chi connectivity index (χ2n) is 6.74. The summed E-state index contributed by atoms with van der Waals surface area (Å²) in [5.74, 6) is -0.630. The standard InChI is InChI=1S/C24H23N3O4/c1-2-26-23(29)17-10-12-19(13-11-17)27-24(30)18-7-5-6-16(14-18)15-31-21-9-4-3-8-20(21)22(25)28/h3-14H,2,15H2,1H3,(H2,25,28)(H,26,29)(H,27,30). The van der Waals surface area contributed by atoms with Gasteiger partial charge in [-0.2, -0.15) is 0 Å². The lowest BCUT2D eigenvalue weighted by molar-refractivity contribution is 0.0953. The van der Waals surface area contributed by atoms with E-state index in [4.69, 9.17) is 10.5 Å². The van der Waals surface area contributed by atoms with Crippen LogP contribution in [0.25, 0.3) is 0 Å². The van der Waals surface area contributed by atoms with E-state index in [9.17, 15) is 14.4 Å². The van der Waals surface area contributed by atoms with Crippen molar-refractivity contribution in [1.82, 2.24) is 5.32 Å². The second-order valence-corrected chi connectivity index (χ2v) is 6.74. The number of benzene rings is 3. The molecule has 0 aliphatic heterocycles. The summed E-state index contributed by atoms with van der Waals surface area (Å²) >= 11 is 0. The number of hydrogen-bond acceptors (Lipinski definition) is 4. The van der Waals surface area contributed by atoms with Crippen molar-refractivity contribution in [3.63, 3.8) is 0 Å². The molecule has 4 N–H and O–H groups in total. The van der Waals surface area contributed by atoms with Crippen LogP contribution in [0.3, 0.4) is 0 Å². The molecule has 7 heteroatoms. The van der Waals surface area contributed by atoms with E-state index in [1.54, 1.807) is 66.7 Å². The first-order valence-electron chi connectivity index (χ1n) is 9.78. The predicted molar refractivity (Wildman–Crippen MR) is 118 cm³/mol. The number of nitrogens with one attached hydrogen (secondary N) is 2. The molecule has 0 radical (unpaired) electrons. The molecule has 0 aliphatic rings. The summed E-state index contributed by atoms with van der Waals surface area (Å²) in [5.41, 5.74) is 7.99. The van der Waals surface area contributed by atoms with Crippen LogP contribution in [0, 0.1) is 0 Å². The van der Waals surface area contributed by atoms with E-state index in [1.807, 2.05) is 13.0 Å². The van der Waals surface area contributed by atoms with E-state index in [0.717, 1.165) is 5.56 Å². The monoisotopic (exact) mass is 417 g/mol. The van der Waals surface area contributed by atoms with E-state index in [2.05, 4.69) is 10.6 Å². The number of anilines is 1. The molecule has 0 saturated heterocycles. The van der Waals surface area contributed by atoms with Gasteiger partial charge in [-0.3, -0.25) is 14.4 Å². The number of rotatable bonds is 8. The maximum Gasteiger partial charge on any atom is 0.255 e. The van der Waals surface area contributed by atoms with Gasteiger partial charge >= 0.3 is 0 Å². The minimum absolute atomic E-state index is 0.161. The van der Waals surface area contributed by atoms with Gasteiger partial charge in [-0.05, 0) is 61.0 Å². The fourth-order valence-corrected chi connectivity index (χ4v) is 2.93. The summed E-state index contributed by atoms with van der Waals surface area (Å²) in [7, 11) is 0. The molecule has 0 bridgehead atoms. The molecule has 31 heavy (non-hydrogen) atoms. The Hall–Kier alpha value is -4.13. The smallest absolute Gasteiger partial charge is 0.255 e. The lowest BCUT2D eigenvalue weighted by Crippen LogP contribution is -2.22. The predicted octanol–water partition coefficient (Wildman–Crippen LogP) is 3.37. The Kier molecular flexibility index (Phi) is 7.01. The van der Waals surface area contributed by atoms with Crippen LogP contribution in [-0.4, -0.2) is 24.3 Å². The van der Waals surface area contributed by atoms with E-state index in [0.29, 0.717) is 34.7 Å². The van der Waals surface area contributed by atoms with E-state index in [1.165, 1.54) is 0 Å². The molecule has 0 spiro atoms. The molecule has 3 aromatic carbocycles. The normalized spacial score (nSPS) is 10.2. The number of para-hydroxylation sites is 1. The van der Waals surface area contributed by atoms with Gasteiger partial charge in [0.25, 0.3) is 17.7 Å². The summed E-state index contributed by atoms with van der Waals surface area (Å²) in [6.07, 6.45) is 0. The third-order valence-electron chi connectivity index (χ3n) is 4.48. The van der Waals surface area contributed by atoms with Crippen molar-refractivity contribution in [2.75, 3.05) is 11.9 Å². The average molecular weight is 417 g/mol. The van der Waals surface area contributed by atoms with E-state index >= 15 is 0 Å². The highest BCUT2D eigenvalue weighted by Gasteiger charge is 2.11. The highest BCUT2D eigenvalue weighted by molar-refractivity contribution is 6.04. The fourth-order valence-electron chi connectivity index (χ4n) is 2.93. The number of primary amides is 1. The molecule has 3 rings (SSSR count). The van der Waals surface area contributed by atoms with Crippen molar-refractivity contribution in [2.24, 2.45) is 5.73 Å². The Bertz CT molecular complexity index is 1090. The minimum atomic E-state index is -0.568. The largest absolute Gasteiger partial charge is 0.488 e. The zero-order valence-electron chi connectivity index (χ0n) is 17.1. The van der Waals surface area contributed by atoms with Crippen molar-refractivity contribution in [3.8, 4) is 5.75 Å². The van der Waals surface area contributed by atoms with Crippen LogP contribution in [0.5, 0.6) is 5.75 Å². The van der Waals surface area contributed by atoms with Crippen molar-refractivity contribution in [3.05, 3.63) is 95.1 Å². The summed E-state index contributed by atoms with van der Waals surface area (Å²) in [5, 5.41) is 5.53. The van der Waals surface area contributed by atoms with Gasteiger partial charge in [0.05, 0.1) is 5.56 Å². The molecule has 7 nitrogen and oxygen atoms in total. The van der Waals surface area contributed by atoms with Crippen LogP contribution < -0.4 is 21.1 Å². The molecule has 3 aromatic rings. The molecule has 3 amide bonds. The van der Waals surface area contributed by atoms with Gasteiger partial charge in [0.2, 0.25) is 0 Å². The lowest BCUT2D eigenvalue weighted by Gasteiger charge is -2.11. The summed E-state index contributed by atoms with van der Waals surface area (Å²) in [6.45, 7) is 2.57. The molecule has 158 valence electrons. The lowest BCUT2D eigenvalue weighted by atomic mass is 10.1. The molecule has 0 saturated carbocycles. The first-order valence-corrected chi connectivity index (χ1v) is 9.78. The summed E-state index contributed by atoms with van der Waals surface area (Å²) in [6, 6.07) is 20.4. The first kappa shape index (κ1) is 21.6. The topological polar surface area (TPSA) is 111 Å². The van der Waals surface area contributed by atoms with Gasteiger partial charge in [-0.25, -0.2) is 0 Å². The minimum Gasteiger partial charge on any atom is -0.488 e. The maximum atomic E-state index is 12.6. The van der Waals surface area contributed by atoms with Crippen molar-refractivity contribution in [1.29, 1.82) is 0 Å². The zero-order valence-corrected chi connectivity index (χ0v) is 17.1. The Morgan fingerprint density at radius 1 is 0.871 bits per heavy atom. The SMILES string of the molecule is CCNC(=O)c1ccc(NC(=O)c2cccc(COc3ccccc3C(N)=O)c2)cc1. The van der Waals surface area contributed by atoms with Crippen molar-refractivity contribution in [2.45, 2.75) is 13.5 Å². The van der Waals surface area contributed by atoms with Crippen LogP contribution >= 0.6 is 0 Å². The summed E-state index contributed by atoms with van der Waals surface area (Å²) < 4.78 is 5.72.